The first-order valence-corrected chi connectivity index (χ1v) is 6.19. The number of hydrogen-bond donors (Lipinski definition) is 0. The van der Waals surface area contributed by atoms with Crippen LogP contribution in [0.3, 0.4) is 0 Å². The van der Waals surface area contributed by atoms with Gasteiger partial charge in [-0.1, -0.05) is 12.2 Å². The van der Waals surface area contributed by atoms with Gasteiger partial charge in [-0.2, -0.15) is 17.6 Å². The van der Waals surface area contributed by atoms with Crippen LogP contribution in [0.2, 0.25) is 0 Å². The first-order chi connectivity index (χ1) is 8.44. The number of rotatable bonds is 0. The van der Waals surface area contributed by atoms with Crippen LogP contribution >= 0.6 is 0 Å². The predicted octanol–water partition coefficient (Wildman–Crippen LogP) is 1.85. The van der Waals surface area contributed by atoms with E-state index in [0.717, 1.165) is 0 Å². The smallest absolute Gasteiger partial charge is 0.316 e. The normalized spacial score (nSPS) is 63.8. The van der Waals surface area contributed by atoms with Crippen molar-refractivity contribution in [3.05, 3.63) is 12.2 Å². The van der Waals surface area contributed by atoms with Crippen molar-refractivity contribution in [3.63, 3.8) is 0 Å². The van der Waals surface area contributed by atoms with E-state index in [-0.39, 0.29) is 24.0 Å². The molecule has 6 heteroatoms. The van der Waals surface area contributed by atoms with Gasteiger partial charge in [-0.05, 0) is 0 Å². The van der Waals surface area contributed by atoms with Crippen LogP contribution in [-0.2, 0) is 9.47 Å². The molecule has 98 valence electrons. The number of halogens is 4. The minimum absolute atomic E-state index is 0.159. The fourth-order valence-electron chi connectivity index (χ4n) is 4.81. The Hall–Kier alpha value is -0.620. The van der Waals surface area contributed by atoms with Gasteiger partial charge in [0.1, 0.15) is 0 Å². The van der Waals surface area contributed by atoms with Crippen LogP contribution in [0, 0.1) is 23.7 Å². The Kier molecular flexibility index (Phi) is 1.42. The Balaban J connectivity index is 1.61. The molecule has 3 saturated heterocycles. The number of fused-ring (bicyclic) bond motifs is 12. The van der Waals surface area contributed by atoms with Gasteiger partial charge in [-0.3, -0.25) is 0 Å². The first kappa shape index (κ1) is 10.2. The fraction of sp³-hybridized carbons (Fsp3) is 0.833. The second-order valence-corrected chi connectivity index (χ2v) is 5.97. The molecule has 18 heavy (non-hydrogen) atoms. The molecule has 1 aliphatic carbocycles. The molecule has 5 aliphatic rings. The van der Waals surface area contributed by atoms with E-state index >= 15 is 0 Å². The fourth-order valence-corrected chi connectivity index (χ4v) is 4.81. The van der Waals surface area contributed by atoms with Crippen molar-refractivity contribution in [1.29, 1.82) is 0 Å². The van der Waals surface area contributed by atoms with E-state index in [2.05, 4.69) is 0 Å². The lowest BCUT2D eigenvalue weighted by Crippen LogP contribution is -2.72. The third-order valence-electron chi connectivity index (χ3n) is 5.46. The van der Waals surface area contributed by atoms with E-state index in [1.807, 2.05) is 12.2 Å². The van der Waals surface area contributed by atoms with Crippen molar-refractivity contribution in [2.24, 2.45) is 23.7 Å². The van der Waals surface area contributed by atoms with Crippen molar-refractivity contribution >= 4 is 0 Å². The van der Waals surface area contributed by atoms with Crippen LogP contribution in [0.25, 0.3) is 0 Å². The summed E-state index contributed by atoms with van der Waals surface area (Å²) in [5, 5.41) is 0. The summed E-state index contributed by atoms with van der Waals surface area (Å²) >= 11 is 0. The van der Waals surface area contributed by atoms with Crippen molar-refractivity contribution in [3.8, 4) is 0 Å². The van der Waals surface area contributed by atoms with Crippen LogP contribution in [-0.4, -0.2) is 36.3 Å². The molecule has 0 radical (unpaired) electrons. The molecule has 8 atom stereocenters. The van der Waals surface area contributed by atoms with Gasteiger partial charge in [0.25, 0.3) is 0 Å². The highest BCUT2D eigenvalue weighted by Crippen LogP contribution is 2.73. The summed E-state index contributed by atoms with van der Waals surface area (Å²) in [6.45, 7) is 0. The minimum atomic E-state index is -3.92. The zero-order valence-electron chi connectivity index (χ0n) is 9.10. The van der Waals surface area contributed by atoms with Crippen LogP contribution in [0.4, 0.5) is 17.6 Å². The summed E-state index contributed by atoms with van der Waals surface area (Å²) in [5.74, 6) is -10.8. The average molecular weight is 262 g/mol. The molecule has 4 bridgehead atoms. The van der Waals surface area contributed by atoms with E-state index in [1.54, 1.807) is 0 Å². The van der Waals surface area contributed by atoms with Gasteiger partial charge in [0.2, 0.25) is 0 Å². The molecule has 0 spiro atoms. The zero-order valence-corrected chi connectivity index (χ0v) is 9.10. The predicted molar refractivity (Wildman–Crippen MR) is 50.3 cm³/mol. The quantitative estimate of drug-likeness (QED) is 0.490. The molecule has 0 N–H and O–H groups in total. The molecule has 0 amide bonds. The summed E-state index contributed by atoms with van der Waals surface area (Å²) in [7, 11) is 0. The maximum atomic E-state index is 13.5. The topological polar surface area (TPSA) is 18.5 Å². The summed E-state index contributed by atoms with van der Waals surface area (Å²) < 4.78 is 65.3. The zero-order chi connectivity index (χ0) is 12.4. The second kappa shape index (κ2) is 2.50. The third-order valence-corrected chi connectivity index (χ3v) is 5.46. The molecule has 1 saturated carbocycles. The highest BCUT2D eigenvalue weighted by molar-refractivity contribution is 5.30. The molecule has 4 fully saturated rings. The Morgan fingerprint density at radius 3 is 1.61 bits per heavy atom. The highest BCUT2D eigenvalue weighted by Gasteiger charge is 2.89. The molecule has 4 aliphatic heterocycles. The van der Waals surface area contributed by atoms with E-state index in [4.69, 9.17) is 9.47 Å². The molecular formula is C12H10F4O2. The van der Waals surface area contributed by atoms with Gasteiger partial charge in [-0.25, -0.2) is 0 Å². The summed E-state index contributed by atoms with van der Waals surface area (Å²) in [6.07, 6.45) is 1.72. The van der Waals surface area contributed by atoms with Gasteiger partial charge in [0, 0.05) is 11.8 Å². The summed E-state index contributed by atoms with van der Waals surface area (Å²) in [4.78, 5) is 0. The molecule has 0 aromatic rings. The van der Waals surface area contributed by atoms with Crippen LogP contribution in [0.5, 0.6) is 0 Å². The molecule has 5 rings (SSSR count). The Labute approximate surface area is 99.9 Å². The van der Waals surface area contributed by atoms with E-state index in [1.165, 1.54) is 0 Å². The Morgan fingerprint density at radius 1 is 0.722 bits per heavy atom. The number of hydrogen-bond acceptors (Lipinski definition) is 2. The summed E-state index contributed by atoms with van der Waals surface area (Å²) in [6, 6.07) is 0. The van der Waals surface area contributed by atoms with Gasteiger partial charge in [0.15, 0.2) is 0 Å². The van der Waals surface area contributed by atoms with Crippen LogP contribution in [0.1, 0.15) is 0 Å². The molecule has 0 aromatic heterocycles. The van der Waals surface area contributed by atoms with Crippen LogP contribution < -0.4 is 0 Å². The standard InChI is InChI=1S/C12H10F4O2/c13-11(14)7-8(12(11,15)16)10-6-4-2-1-3(17-4)5(6)9(7)18-10/h1-10H/t3-,4-,5-,6+,7-,8+,9+,10+/m1/s1. The number of ether oxygens (including phenoxy) is 2. The van der Waals surface area contributed by atoms with Crippen molar-refractivity contribution in [1.82, 2.24) is 0 Å². The SMILES string of the molecule is FC1(F)[C@@H]2[C@H]3O[C@@H]([C@H]4[C@@H]3[C@H]3C=C[C@H]4O3)[C@@H]2C1(F)F. The Bertz CT molecular complexity index is 437. The monoisotopic (exact) mass is 262 g/mol. The molecular weight excluding hydrogens is 252 g/mol. The lowest BCUT2D eigenvalue weighted by molar-refractivity contribution is -0.358. The molecule has 2 nitrogen and oxygen atoms in total. The number of alkyl halides is 4. The minimum Gasteiger partial charge on any atom is -0.373 e. The van der Waals surface area contributed by atoms with E-state index < -0.39 is 35.9 Å². The van der Waals surface area contributed by atoms with Gasteiger partial charge < -0.3 is 9.47 Å². The molecule has 4 heterocycles. The summed E-state index contributed by atoms with van der Waals surface area (Å²) in [5.41, 5.74) is 0. The van der Waals surface area contributed by atoms with Crippen molar-refractivity contribution in [2.75, 3.05) is 0 Å². The molecule has 0 aromatic carbocycles. The van der Waals surface area contributed by atoms with Gasteiger partial charge in [0.05, 0.1) is 36.3 Å². The largest absolute Gasteiger partial charge is 0.373 e. The van der Waals surface area contributed by atoms with E-state index in [9.17, 15) is 17.6 Å². The van der Waals surface area contributed by atoms with Crippen molar-refractivity contribution in [2.45, 2.75) is 36.3 Å². The maximum absolute atomic E-state index is 13.5. The molecule has 0 unspecified atom stereocenters. The average Bonchev–Trinajstić information content (AvgIpc) is 3.04. The Morgan fingerprint density at radius 2 is 1.17 bits per heavy atom. The highest BCUT2D eigenvalue weighted by atomic mass is 19.3. The maximum Gasteiger partial charge on any atom is 0.316 e. The third kappa shape index (κ3) is 0.744. The lowest BCUT2D eigenvalue weighted by Gasteiger charge is -2.53. The van der Waals surface area contributed by atoms with E-state index in [0.29, 0.717) is 0 Å². The lowest BCUT2D eigenvalue weighted by atomic mass is 9.53. The second-order valence-electron chi connectivity index (χ2n) is 5.97. The first-order valence-electron chi connectivity index (χ1n) is 6.19. The van der Waals surface area contributed by atoms with Gasteiger partial charge in [-0.15, -0.1) is 0 Å². The van der Waals surface area contributed by atoms with Crippen molar-refractivity contribution < 1.29 is 27.0 Å². The van der Waals surface area contributed by atoms with Crippen LogP contribution in [0.15, 0.2) is 12.2 Å². The van der Waals surface area contributed by atoms with Gasteiger partial charge >= 0.3 is 11.8 Å².